The van der Waals surface area contributed by atoms with Crippen molar-refractivity contribution in [3.8, 4) is 0 Å². The lowest BCUT2D eigenvalue weighted by Crippen LogP contribution is -2.31. The molecule has 124 valence electrons. The predicted octanol–water partition coefficient (Wildman–Crippen LogP) is 3.76. The smallest absolute Gasteiger partial charge is 0.412 e. The average molecular weight is 335 g/mol. The first-order valence-electron chi connectivity index (χ1n) is 7.90. The highest BCUT2D eigenvalue weighted by molar-refractivity contribution is 7.16. The maximum Gasteiger partial charge on any atom is 0.412 e. The molecule has 1 amide bonds. The number of carbonyl (C=O) groups is 2. The van der Waals surface area contributed by atoms with Gasteiger partial charge in [-0.15, -0.1) is 11.3 Å². The second kappa shape index (κ2) is 6.35. The summed E-state index contributed by atoms with van der Waals surface area (Å²) in [7, 11) is 0. The summed E-state index contributed by atoms with van der Waals surface area (Å²) in [5, 5.41) is 3.46. The highest BCUT2D eigenvalue weighted by atomic mass is 32.1. The molecule has 2 heterocycles. The number of nitrogens with one attached hydrogen (secondary N) is 1. The van der Waals surface area contributed by atoms with Crippen LogP contribution in [-0.2, 0) is 20.7 Å². The van der Waals surface area contributed by atoms with Crippen LogP contribution < -0.4 is 5.32 Å². The van der Waals surface area contributed by atoms with Crippen LogP contribution in [0, 0.1) is 11.3 Å². The molecule has 1 saturated heterocycles. The summed E-state index contributed by atoms with van der Waals surface area (Å²) < 4.78 is 10.3. The molecule has 0 spiro atoms. The third kappa shape index (κ3) is 3.13. The van der Waals surface area contributed by atoms with Crippen LogP contribution in [-0.4, -0.2) is 25.3 Å². The van der Waals surface area contributed by atoms with E-state index < -0.39 is 11.5 Å². The monoisotopic (exact) mass is 335 g/mol. The van der Waals surface area contributed by atoms with E-state index in [0.29, 0.717) is 26.1 Å². The van der Waals surface area contributed by atoms with Crippen LogP contribution in [0.3, 0.4) is 0 Å². The van der Waals surface area contributed by atoms with Gasteiger partial charge in [-0.05, 0) is 37.8 Å². The largest absolute Gasteiger partial charge is 0.465 e. The number of rotatable bonds is 5. The van der Waals surface area contributed by atoms with Gasteiger partial charge in [-0.1, -0.05) is 19.1 Å². The molecule has 1 saturated carbocycles. The molecule has 1 aromatic heterocycles. The summed E-state index contributed by atoms with van der Waals surface area (Å²) in [6, 6.07) is 3.81. The highest BCUT2D eigenvalue weighted by Gasteiger charge is 2.56. The Morgan fingerprint density at radius 3 is 3.17 bits per heavy atom. The van der Waals surface area contributed by atoms with Gasteiger partial charge in [0.25, 0.3) is 0 Å². The molecular formula is C17H21NO4S. The van der Waals surface area contributed by atoms with Gasteiger partial charge < -0.3 is 9.47 Å². The lowest BCUT2D eigenvalue weighted by atomic mass is 9.77. The predicted molar refractivity (Wildman–Crippen MR) is 88.5 cm³/mol. The molecule has 1 aliphatic heterocycles. The second-order valence-corrected chi connectivity index (χ2v) is 7.45. The minimum Gasteiger partial charge on any atom is -0.465 e. The number of esters is 1. The number of hydrogen-bond acceptors (Lipinski definition) is 5. The maximum absolute atomic E-state index is 12.3. The van der Waals surface area contributed by atoms with Crippen molar-refractivity contribution in [2.45, 2.75) is 32.6 Å². The van der Waals surface area contributed by atoms with Gasteiger partial charge in [-0.3, -0.25) is 10.1 Å². The van der Waals surface area contributed by atoms with Crippen molar-refractivity contribution in [2.75, 3.05) is 18.5 Å². The summed E-state index contributed by atoms with van der Waals surface area (Å²) in [6.45, 7) is 6.90. The van der Waals surface area contributed by atoms with Gasteiger partial charge in [-0.25, -0.2) is 4.79 Å². The van der Waals surface area contributed by atoms with Crippen LogP contribution in [0.2, 0.25) is 0 Å². The fourth-order valence-electron chi connectivity index (χ4n) is 3.45. The Hall–Kier alpha value is -1.82. The van der Waals surface area contributed by atoms with E-state index in [1.165, 1.54) is 11.3 Å². The fourth-order valence-corrected chi connectivity index (χ4v) is 4.46. The van der Waals surface area contributed by atoms with Crippen LogP contribution in [0.5, 0.6) is 0 Å². The number of thiophene rings is 1. The highest BCUT2D eigenvalue weighted by Crippen LogP contribution is 2.53. The molecule has 0 bridgehead atoms. The zero-order valence-electron chi connectivity index (χ0n) is 13.2. The van der Waals surface area contributed by atoms with Gasteiger partial charge in [0.05, 0.1) is 23.6 Å². The number of allylic oxidation sites excluding steroid dienone is 1. The SMILES string of the molecule is C=C1CC2COC(=O)C2(Cc2ccc(NC(=O)OCCC)s2)C1. The molecule has 5 nitrogen and oxygen atoms in total. The normalized spacial score (nSPS) is 26.0. The Morgan fingerprint density at radius 2 is 2.39 bits per heavy atom. The van der Waals surface area contributed by atoms with Crippen LogP contribution in [0.4, 0.5) is 9.80 Å². The number of cyclic esters (lactones) is 1. The van der Waals surface area contributed by atoms with Crippen molar-refractivity contribution in [2.24, 2.45) is 11.3 Å². The Bertz CT molecular complexity index is 638. The first kappa shape index (κ1) is 16.1. The van der Waals surface area contributed by atoms with E-state index in [1.54, 1.807) is 0 Å². The van der Waals surface area contributed by atoms with Gasteiger partial charge in [0.2, 0.25) is 0 Å². The van der Waals surface area contributed by atoms with Crippen LogP contribution in [0.25, 0.3) is 0 Å². The zero-order chi connectivity index (χ0) is 16.4. The summed E-state index contributed by atoms with van der Waals surface area (Å²) in [6.07, 6.45) is 2.57. The standard InChI is InChI=1S/C17H21NO4S/c1-3-6-21-16(20)18-14-5-4-13(23-14)9-17-8-11(2)7-12(17)10-22-15(17)19/h4-5,12H,2-3,6-10H2,1H3,(H,18,20). The lowest BCUT2D eigenvalue weighted by molar-refractivity contribution is -0.146. The summed E-state index contributed by atoms with van der Waals surface area (Å²) in [5.74, 6) is 0.127. The van der Waals surface area contributed by atoms with Gasteiger partial charge in [0.15, 0.2) is 0 Å². The summed E-state index contributed by atoms with van der Waals surface area (Å²) in [4.78, 5) is 24.9. The first-order valence-corrected chi connectivity index (χ1v) is 8.71. The minimum atomic E-state index is -0.456. The summed E-state index contributed by atoms with van der Waals surface area (Å²) in [5.41, 5.74) is 0.673. The topological polar surface area (TPSA) is 64.6 Å². The van der Waals surface area contributed by atoms with Crippen LogP contribution in [0.15, 0.2) is 24.3 Å². The quantitative estimate of drug-likeness (QED) is 0.657. The lowest BCUT2D eigenvalue weighted by Gasteiger charge is -2.22. The van der Waals surface area contributed by atoms with Crippen molar-refractivity contribution in [1.82, 2.24) is 0 Å². The van der Waals surface area contributed by atoms with E-state index in [9.17, 15) is 9.59 Å². The molecule has 0 radical (unpaired) electrons. The molecule has 2 fully saturated rings. The third-order valence-corrected chi connectivity index (χ3v) is 5.52. The fraction of sp³-hybridized carbons (Fsp3) is 0.529. The van der Waals surface area contributed by atoms with Gasteiger partial charge >= 0.3 is 12.1 Å². The van der Waals surface area contributed by atoms with Crippen molar-refractivity contribution in [3.05, 3.63) is 29.2 Å². The molecule has 1 N–H and O–H groups in total. The molecule has 2 atom stereocenters. The van der Waals surface area contributed by atoms with E-state index in [-0.39, 0.29) is 11.9 Å². The number of fused-ring (bicyclic) bond motifs is 1. The molecule has 6 heteroatoms. The Morgan fingerprint density at radius 1 is 1.57 bits per heavy atom. The van der Waals surface area contributed by atoms with Crippen LogP contribution >= 0.6 is 11.3 Å². The van der Waals surface area contributed by atoms with Gasteiger partial charge in [0, 0.05) is 10.8 Å². The minimum absolute atomic E-state index is 0.105. The molecular weight excluding hydrogens is 314 g/mol. The molecule has 0 aromatic carbocycles. The molecule has 3 rings (SSSR count). The van der Waals surface area contributed by atoms with E-state index in [4.69, 9.17) is 9.47 Å². The zero-order valence-corrected chi connectivity index (χ0v) is 14.0. The number of ether oxygens (including phenoxy) is 2. The molecule has 2 unspecified atom stereocenters. The van der Waals surface area contributed by atoms with Gasteiger partial charge in [0.1, 0.15) is 0 Å². The number of anilines is 1. The van der Waals surface area contributed by atoms with E-state index in [0.717, 1.165) is 28.3 Å². The third-order valence-electron chi connectivity index (χ3n) is 4.52. The van der Waals surface area contributed by atoms with Crippen molar-refractivity contribution >= 4 is 28.4 Å². The van der Waals surface area contributed by atoms with Crippen molar-refractivity contribution < 1.29 is 19.1 Å². The molecule has 2 aliphatic rings. The first-order chi connectivity index (χ1) is 11.0. The molecule has 1 aromatic rings. The molecule has 1 aliphatic carbocycles. The Balaban J connectivity index is 1.68. The van der Waals surface area contributed by atoms with Crippen molar-refractivity contribution in [3.63, 3.8) is 0 Å². The van der Waals surface area contributed by atoms with Crippen molar-refractivity contribution in [1.29, 1.82) is 0 Å². The average Bonchev–Trinajstić information content (AvgIpc) is 3.14. The number of hydrogen-bond donors (Lipinski definition) is 1. The Kier molecular flexibility index (Phi) is 4.43. The second-order valence-electron chi connectivity index (χ2n) is 6.29. The molecule has 23 heavy (non-hydrogen) atoms. The number of amides is 1. The van der Waals surface area contributed by atoms with E-state index in [1.807, 2.05) is 19.1 Å². The van der Waals surface area contributed by atoms with Gasteiger partial charge in [-0.2, -0.15) is 0 Å². The number of carbonyl (C=O) groups excluding carboxylic acids is 2. The Labute approximate surface area is 139 Å². The van der Waals surface area contributed by atoms with E-state index in [2.05, 4.69) is 11.9 Å². The van der Waals surface area contributed by atoms with Crippen LogP contribution in [0.1, 0.15) is 31.1 Å². The van der Waals surface area contributed by atoms with E-state index >= 15 is 0 Å². The maximum atomic E-state index is 12.3. The summed E-state index contributed by atoms with van der Waals surface area (Å²) >= 11 is 1.48.